The van der Waals surface area contributed by atoms with E-state index in [9.17, 15) is 9.59 Å². The largest absolute Gasteiger partial charge is 0.302 e. The maximum atomic E-state index is 12.5. The molecule has 4 rings (SSSR count). The Morgan fingerprint density at radius 2 is 1.85 bits per heavy atom. The molecule has 1 heterocycles. The Kier molecular flexibility index (Phi) is 5.03. The van der Waals surface area contributed by atoms with Gasteiger partial charge in [0.25, 0.3) is 0 Å². The highest BCUT2D eigenvalue weighted by molar-refractivity contribution is 7.22. The zero-order valence-corrected chi connectivity index (χ0v) is 16.2. The summed E-state index contributed by atoms with van der Waals surface area (Å²) >= 11 is 1.46. The number of aryl methyl sites for hydroxylation is 3. The van der Waals surface area contributed by atoms with E-state index in [4.69, 9.17) is 0 Å². The number of thiazole rings is 1. The molecule has 0 spiro atoms. The SMILES string of the molecule is Cc1ccc2nc(NC(=O)CCC(=O)c3ccc4c(c3)CCCC4)sc2c1. The lowest BCUT2D eigenvalue weighted by molar-refractivity contribution is -0.116. The summed E-state index contributed by atoms with van der Waals surface area (Å²) in [7, 11) is 0. The van der Waals surface area contributed by atoms with Crippen LogP contribution in [0.4, 0.5) is 5.13 Å². The molecule has 1 aliphatic rings. The molecule has 2 aromatic carbocycles. The molecule has 0 fully saturated rings. The normalized spacial score (nSPS) is 13.4. The highest BCUT2D eigenvalue weighted by Crippen LogP contribution is 2.27. The third kappa shape index (κ3) is 4.08. The van der Waals surface area contributed by atoms with Gasteiger partial charge in [0, 0.05) is 18.4 Å². The van der Waals surface area contributed by atoms with Crippen molar-refractivity contribution in [1.82, 2.24) is 4.98 Å². The molecule has 0 radical (unpaired) electrons. The summed E-state index contributed by atoms with van der Waals surface area (Å²) in [5, 5.41) is 3.41. The van der Waals surface area contributed by atoms with Gasteiger partial charge in [-0.1, -0.05) is 29.5 Å². The third-order valence-electron chi connectivity index (χ3n) is 5.04. The number of benzene rings is 2. The highest BCUT2D eigenvalue weighted by Gasteiger charge is 2.15. The maximum Gasteiger partial charge on any atom is 0.226 e. The molecular formula is C22H22N2O2S. The van der Waals surface area contributed by atoms with Crippen LogP contribution in [-0.2, 0) is 17.6 Å². The lowest BCUT2D eigenvalue weighted by atomic mass is 9.89. The fourth-order valence-electron chi connectivity index (χ4n) is 3.55. The van der Waals surface area contributed by atoms with Crippen molar-refractivity contribution in [2.24, 2.45) is 0 Å². The van der Waals surface area contributed by atoms with E-state index in [0.29, 0.717) is 5.13 Å². The first-order chi connectivity index (χ1) is 13.1. The predicted octanol–water partition coefficient (Wildman–Crippen LogP) is 5.09. The Morgan fingerprint density at radius 3 is 2.70 bits per heavy atom. The van der Waals surface area contributed by atoms with Gasteiger partial charge in [-0.15, -0.1) is 0 Å². The molecule has 5 heteroatoms. The Morgan fingerprint density at radius 1 is 1.04 bits per heavy atom. The van der Waals surface area contributed by atoms with Crippen LogP contribution in [0.5, 0.6) is 0 Å². The van der Waals surface area contributed by atoms with Gasteiger partial charge in [-0.2, -0.15) is 0 Å². The molecular weight excluding hydrogens is 356 g/mol. The van der Waals surface area contributed by atoms with E-state index < -0.39 is 0 Å². The highest BCUT2D eigenvalue weighted by atomic mass is 32.1. The minimum atomic E-state index is -0.169. The average molecular weight is 378 g/mol. The molecule has 27 heavy (non-hydrogen) atoms. The van der Waals surface area contributed by atoms with Crippen molar-refractivity contribution in [2.45, 2.75) is 45.4 Å². The van der Waals surface area contributed by atoms with Gasteiger partial charge in [0.2, 0.25) is 5.91 Å². The second kappa shape index (κ2) is 7.61. The van der Waals surface area contributed by atoms with Crippen LogP contribution >= 0.6 is 11.3 Å². The standard InChI is InChI=1S/C22H22N2O2S/c1-14-6-9-18-20(12-14)27-22(23-18)24-21(26)11-10-19(25)17-8-7-15-4-2-3-5-16(15)13-17/h6-9,12-13H,2-5,10-11H2,1H3,(H,23,24,26). The van der Waals surface area contributed by atoms with Gasteiger partial charge in [0.05, 0.1) is 10.2 Å². The zero-order valence-electron chi connectivity index (χ0n) is 15.4. The molecule has 0 bridgehead atoms. The topological polar surface area (TPSA) is 59.1 Å². The summed E-state index contributed by atoms with van der Waals surface area (Å²) in [6, 6.07) is 12.0. The van der Waals surface area contributed by atoms with Gasteiger partial charge in [-0.25, -0.2) is 4.98 Å². The number of hydrogen-bond acceptors (Lipinski definition) is 4. The van der Waals surface area contributed by atoms with Crippen molar-refractivity contribution in [1.29, 1.82) is 0 Å². The molecule has 4 nitrogen and oxygen atoms in total. The molecule has 138 valence electrons. The van der Waals surface area contributed by atoms with Gasteiger partial charge >= 0.3 is 0 Å². The average Bonchev–Trinajstić information content (AvgIpc) is 3.06. The van der Waals surface area contributed by atoms with Crippen LogP contribution in [0.15, 0.2) is 36.4 Å². The minimum absolute atomic E-state index is 0.0263. The fraction of sp³-hybridized carbons (Fsp3) is 0.318. The lowest BCUT2D eigenvalue weighted by Gasteiger charge is -2.16. The molecule has 1 N–H and O–H groups in total. The van der Waals surface area contributed by atoms with Crippen molar-refractivity contribution in [3.8, 4) is 0 Å². The maximum absolute atomic E-state index is 12.5. The molecule has 3 aromatic rings. The molecule has 1 amide bonds. The number of amides is 1. The van der Waals surface area contributed by atoms with Gasteiger partial charge in [0.15, 0.2) is 10.9 Å². The number of Topliss-reactive ketones (excluding diaryl/α,β-unsaturated/α-hetero) is 1. The molecule has 0 saturated carbocycles. The Labute approximate surface area is 162 Å². The summed E-state index contributed by atoms with van der Waals surface area (Å²) < 4.78 is 1.05. The van der Waals surface area contributed by atoms with Crippen LogP contribution in [0, 0.1) is 6.92 Å². The summed E-state index contributed by atoms with van der Waals surface area (Å²) in [6.07, 6.45) is 4.96. The number of nitrogens with one attached hydrogen (secondary N) is 1. The summed E-state index contributed by atoms with van der Waals surface area (Å²) in [6.45, 7) is 2.03. The Balaban J connectivity index is 1.36. The summed E-state index contributed by atoms with van der Waals surface area (Å²) in [4.78, 5) is 29.1. The van der Waals surface area contributed by atoms with Crippen LogP contribution in [0.3, 0.4) is 0 Å². The Bertz CT molecular complexity index is 1020. The smallest absolute Gasteiger partial charge is 0.226 e. The zero-order chi connectivity index (χ0) is 18.8. The number of carbonyl (C=O) groups excluding carboxylic acids is 2. The van der Waals surface area contributed by atoms with Crippen molar-refractivity contribution in [2.75, 3.05) is 5.32 Å². The van der Waals surface area contributed by atoms with Gasteiger partial charge in [0.1, 0.15) is 0 Å². The van der Waals surface area contributed by atoms with Crippen molar-refractivity contribution >= 4 is 38.4 Å². The van der Waals surface area contributed by atoms with Crippen molar-refractivity contribution < 1.29 is 9.59 Å². The Hall–Kier alpha value is -2.53. The predicted molar refractivity (Wildman–Crippen MR) is 110 cm³/mol. The van der Waals surface area contributed by atoms with E-state index in [1.807, 2.05) is 31.2 Å². The van der Waals surface area contributed by atoms with Crippen LogP contribution < -0.4 is 5.32 Å². The number of ketones is 1. The minimum Gasteiger partial charge on any atom is -0.302 e. The van der Waals surface area contributed by atoms with Crippen LogP contribution in [0.1, 0.15) is 52.7 Å². The van der Waals surface area contributed by atoms with E-state index in [-0.39, 0.29) is 24.5 Å². The second-order valence-electron chi connectivity index (χ2n) is 7.15. The molecule has 0 aliphatic heterocycles. The number of aromatic nitrogens is 1. The number of rotatable bonds is 5. The molecule has 0 atom stereocenters. The van der Waals surface area contributed by atoms with E-state index in [2.05, 4.69) is 22.4 Å². The lowest BCUT2D eigenvalue weighted by Crippen LogP contribution is -2.13. The first-order valence-corrected chi connectivity index (χ1v) is 10.2. The second-order valence-corrected chi connectivity index (χ2v) is 8.18. The van der Waals surface area contributed by atoms with Crippen LogP contribution in [0.2, 0.25) is 0 Å². The van der Waals surface area contributed by atoms with E-state index in [0.717, 1.165) is 28.6 Å². The quantitative estimate of drug-likeness (QED) is 0.630. The number of nitrogens with zero attached hydrogens (tertiary/aromatic N) is 1. The first-order valence-electron chi connectivity index (χ1n) is 9.40. The van der Waals surface area contributed by atoms with Crippen molar-refractivity contribution in [3.05, 3.63) is 58.7 Å². The number of carbonyl (C=O) groups is 2. The summed E-state index contributed by atoms with van der Waals surface area (Å²) in [5.41, 5.74) is 5.42. The molecule has 1 aromatic heterocycles. The number of fused-ring (bicyclic) bond motifs is 2. The molecule has 0 saturated heterocycles. The summed E-state index contributed by atoms with van der Waals surface area (Å²) in [5.74, 6) is -0.143. The van der Waals surface area contributed by atoms with E-state index in [1.54, 1.807) is 0 Å². The van der Waals surface area contributed by atoms with Gasteiger partial charge in [-0.3, -0.25) is 9.59 Å². The molecule has 1 aliphatic carbocycles. The monoisotopic (exact) mass is 378 g/mol. The van der Waals surface area contributed by atoms with Crippen LogP contribution in [0.25, 0.3) is 10.2 Å². The number of anilines is 1. The van der Waals surface area contributed by atoms with Crippen LogP contribution in [-0.4, -0.2) is 16.7 Å². The molecule has 0 unspecified atom stereocenters. The number of hydrogen-bond donors (Lipinski definition) is 1. The van der Waals surface area contributed by atoms with E-state index in [1.165, 1.54) is 40.9 Å². The van der Waals surface area contributed by atoms with Crippen molar-refractivity contribution in [3.63, 3.8) is 0 Å². The first kappa shape index (κ1) is 17.9. The van der Waals surface area contributed by atoms with Gasteiger partial charge in [-0.05, 0) is 67.5 Å². The van der Waals surface area contributed by atoms with Gasteiger partial charge < -0.3 is 5.32 Å². The van der Waals surface area contributed by atoms with E-state index >= 15 is 0 Å². The third-order valence-corrected chi connectivity index (χ3v) is 5.97. The fourth-order valence-corrected chi connectivity index (χ4v) is 4.53.